The van der Waals surface area contributed by atoms with E-state index in [-0.39, 0.29) is 35.8 Å². The van der Waals surface area contributed by atoms with Crippen molar-refractivity contribution in [2.24, 2.45) is 34.5 Å². The van der Waals surface area contributed by atoms with E-state index in [0.29, 0.717) is 12.2 Å². The van der Waals surface area contributed by atoms with Gasteiger partial charge in [-0.2, -0.15) is 0 Å². The largest absolute Gasteiger partial charge is 0.455 e. The first-order valence-electron chi connectivity index (χ1n) is 14.8. The van der Waals surface area contributed by atoms with Gasteiger partial charge in [-0.25, -0.2) is 4.79 Å². The topological polar surface area (TPSA) is 127 Å². The Morgan fingerprint density at radius 1 is 1.02 bits per heavy atom. The minimum absolute atomic E-state index is 0.0644. The zero-order chi connectivity index (χ0) is 29.1. The highest BCUT2D eigenvalue weighted by atomic mass is 16.6. The standard InChI is InChI=1S/C31H43NO9/c1-32-14-28(15-37-2)12-11-18(38-3)30-17-13-29(35)25(41-27(34)16-9-7-6-8-10-16)19(17)31(36,24(33)26(29)40-5)20(23(30)32)21(39-4)22(28)30/h6-10,17-26,33,35-36H,11-15H2,1-5H3/t17-,18+,19-,20?,21+,22-,23?,24+,25?,26+,28+,29-,30?,31-/m1/s1. The third-order valence-corrected chi connectivity index (χ3v) is 12.5. The van der Waals surface area contributed by atoms with E-state index < -0.39 is 58.8 Å². The van der Waals surface area contributed by atoms with Crippen LogP contribution in [0.3, 0.4) is 0 Å². The van der Waals surface area contributed by atoms with Crippen LogP contribution >= 0.6 is 0 Å². The first-order valence-corrected chi connectivity index (χ1v) is 14.8. The van der Waals surface area contributed by atoms with Gasteiger partial charge in [-0.3, -0.25) is 0 Å². The minimum Gasteiger partial charge on any atom is -0.455 e. The average molecular weight is 574 g/mol. The van der Waals surface area contributed by atoms with Gasteiger partial charge in [0.2, 0.25) is 0 Å². The van der Waals surface area contributed by atoms with E-state index in [1.54, 1.807) is 45.6 Å². The van der Waals surface area contributed by atoms with Crippen molar-refractivity contribution < 1.29 is 43.8 Å². The van der Waals surface area contributed by atoms with E-state index in [4.69, 9.17) is 23.7 Å². The lowest BCUT2D eigenvalue weighted by Gasteiger charge is -2.69. The molecule has 14 atom stereocenters. The number of fused-ring (bicyclic) bond motifs is 2. The molecule has 1 heterocycles. The number of carbonyl (C=O) groups is 1. The number of nitrogens with zero attached hydrogens (tertiary/aromatic N) is 1. The highest BCUT2D eigenvalue weighted by Crippen LogP contribution is 2.80. The molecule has 226 valence electrons. The molecule has 1 saturated heterocycles. The van der Waals surface area contributed by atoms with Gasteiger partial charge in [0, 0.05) is 69.6 Å². The Labute approximate surface area is 240 Å². The molecular weight excluding hydrogens is 530 g/mol. The molecule has 41 heavy (non-hydrogen) atoms. The molecule has 6 aliphatic rings. The molecule has 0 amide bonds. The summed E-state index contributed by atoms with van der Waals surface area (Å²) in [5, 5.41) is 37.6. The van der Waals surface area contributed by atoms with Crippen molar-refractivity contribution in [2.45, 2.75) is 67.0 Å². The van der Waals surface area contributed by atoms with Crippen LogP contribution < -0.4 is 0 Å². The van der Waals surface area contributed by atoms with Crippen molar-refractivity contribution >= 4 is 5.97 Å². The van der Waals surface area contributed by atoms with Crippen molar-refractivity contribution in [1.29, 1.82) is 0 Å². The van der Waals surface area contributed by atoms with Gasteiger partial charge in [0.15, 0.2) is 0 Å². The predicted molar refractivity (Wildman–Crippen MR) is 145 cm³/mol. The van der Waals surface area contributed by atoms with Crippen LogP contribution in [0.1, 0.15) is 29.6 Å². The Morgan fingerprint density at radius 3 is 2.39 bits per heavy atom. The quantitative estimate of drug-likeness (QED) is 0.402. The second-order valence-corrected chi connectivity index (χ2v) is 13.6. The summed E-state index contributed by atoms with van der Waals surface area (Å²) in [7, 11) is 8.65. The molecule has 1 aliphatic heterocycles. The molecule has 6 fully saturated rings. The molecule has 1 spiro atoms. The number of esters is 1. The third kappa shape index (κ3) is 3.08. The van der Waals surface area contributed by atoms with Gasteiger partial charge < -0.3 is 43.9 Å². The van der Waals surface area contributed by atoms with Crippen LogP contribution in [0.15, 0.2) is 30.3 Å². The number of rotatable bonds is 7. The summed E-state index contributed by atoms with van der Waals surface area (Å²) in [6.45, 7) is 1.29. The maximum Gasteiger partial charge on any atom is 0.338 e. The monoisotopic (exact) mass is 573 g/mol. The highest BCUT2D eigenvalue weighted by Gasteiger charge is 2.90. The van der Waals surface area contributed by atoms with Crippen LogP contribution in [0.5, 0.6) is 0 Å². The maximum absolute atomic E-state index is 13.5. The first-order chi connectivity index (χ1) is 19.6. The Kier molecular flexibility index (Phi) is 6.31. The van der Waals surface area contributed by atoms with Gasteiger partial charge in [0.1, 0.15) is 29.5 Å². The first kappa shape index (κ1) is 28.2. The summed E-state index contributed by atoms with van der Waals surface area (Å²) >= 11 is 0. The van der Waals surface area contributed by atoms with E-state index in [1.165, 1.54) is 7.11 Å². The van der Waals surface area contributed by atoms with Crippen molar-refractivity contribution in [3.63, 3.8) is 0 Å². The lowest BCUT2D eigenvalue weighted by atomic mass is 9.43. The summed E-state index contributed by atoms with van der Waals surface area (Å²) in [6, 6.07) is 8.46. The lowest BCUT2D eigenvalue weighted by molar-refractivity contribution is -0.313. The number of carbonyl (C=O) groups excluding carboxylic acids is 1. The number of aliphatic hydroxyl groups excluding tert-OH is 1. The number of likely N-dealkylation sites (tertiary alicyclic amines) is 1. The number of ether oxygens (including phenoxy) is 5. The maximum atomic E-state index is 13.5. The van der Waals surface area contributed by atoms with Crippen molar-refractivity contribution in [3.05, 3.63) is 35.9 Å². The second-order valence-electron chi connectivity index (χ2n) is 13.6. The van der Waals surface area contributed by atoms with E-state index in [1.807, 2.05) is 6.07 Å². The molecule has 7 rings (SSSR count). The van der Waals surface area contributed by atoms with Crippen LogP contribution in [0, 0.1) is 34.5 Å². The molecule has 10 nitrogen and oxygen atoms in total. The molecule has 4 unspecified atom stereocenters. The summed E-state index contributed by atoms with van der Waals surface area (Å²) in [5.41, 5.74) is -3.95. The number of benzene rings is 1. The lowest BCUT2D eigenvalue weighted by Crippen LogP contribution is -2.79. The molecule has 5 saturated carbocycles. The fourth-order valence-corrected chi connectivity index (χ4v) is 11.8. The van der Waals surface area contributed by atoms with Crippen molar-refractivity contribution in [1.82, 2.24) is 4.90 Å². The molecule has 0 aromatic heterocycles. The molecule has 0 radical (unpaired) electrons. The summed E-state index contributed by atoms with van der Waals surface area (Å²) in [5.74, 6) is -2.30. The summed E-state index contributed by atoms with van der Waals surface area (Å²) in [6.07, 6.45) is -2.45. The fraction of sp³-hybridized carbons (Fsp3) is 0.774. The van der Waals surface area contributed by atoms with Crippen molar-refractivity contribution in [2.75, 3.05) is 48.6 Å². The molecule has 10 heteroatoms. The Morgan fingerprint density at radius 2 is 1.76 bits per heavy atom. The van der Waals surface area contributed by atoms with Gasteiger partial charge in [0.25, 0.3) is 0 Å². The summed E-state index contributed by atoms with van der Waals surface area (Å²) in [4.78, 5) is 15.8. The van der Waals surface area contributed by atoms with Gasteiger partial charge in [0.05, 0.1) is 24.4 Å². The number of methoxy groups -OCH3 is 4. The van der Waals surface area contributed by atoms with Gasteiger partial charge in [-0.05, 0) is 44.4 Å². The third-order valence-electron chi connectivity index (χ3n) is 12.5. The van der Waals surface area contributed by atoms with Crippen LogP contribution in [-0.4, -0.2) is 123 Å². The molecule has 7 bridgehead atoms. The molecular formula is C31H43NO9. The normalized spacial score (nSPS) is 52.9. The predicted octanol–water partition coefficient (Wildman–Crippen LogP) is 0.716. The Balaban J connectivity index is 1.46. The van der Waals surface area contributed by atoms with Gasteiger partial charge in [-0.15, -0.1) is 0 Å². The number of hydrogen-bond donors (Lipinski definition) is 3. The van der Waals surface area contributed by atoms with E-state index in [0.717, 1.165) is 19.4 Å². The SMILES string of the molecule is COC[C@@]12CC[C@H](OC)C34C(C([C@H](OC)[C@@H]31)[C@@]1(O)[C@@H](O)[C@H](OC)[C@@]3(O)C[C@@H]4[C@@H]1C3OC(=O)c1ccccc1)N(C)C2. The van der Waals surface area contributed by atoms with Crippen LogP contribution in [0.25, 0.3) is 0 Å². The van der Waals surface area contributed by atoms with Gasteiger partial charge in [-0.1, -0.05) is 18.2 Å². The molecule has 1 aromatic rings. The van der Waals surface area contributed by atoms with E-state index in [9.17, 15) is 20.1 Å². The highest BCUT2D eigenvalue weighted by molar-refractivity contribution is 5.89. The average Bonchev–Trinajstić information content (AvgIpc) is 3.36. The zero-order valence-electron chi connectivity index (χ0n) is 24.4. The van der Waals surface area contributed by atoms with Crippen LogP contribution in [0.4, 0.5) is 0 Å². The molecule has 1 aromatic carbocycles. The van der Waals surface area contributed by atoms with E-state index in [2.05, 4.69) is 11.9 Å². The van der Waals surface area contributed by atoms with Crippen LogP contribution in [0.2, 0.25) is 0 Å². The molecule has 3 N–H and O–H groups in total. The number of aliphatic hydroxyl groups is 3. The van der Waals surface area contributed by atoms with Crippen molar-refractivity contribution in [3.8, 4) is 0 Å². The zero-order valence-corrected chi connectivity index (χ0v) is 24.4. The summed E-state index contributed by atoms with van der Waals surface area (Å²) < 4.78 is 30.6. The Hall–Kier alpha value is -1.63. The Bertz CT molecular complexity index is 1200. The number of hydrogen-bond acceptors (Lipinski definition) is 10. The number of piperidine rings is 1. The van der Waals surface area contributed by atoms with Gasteiger partial charge >= 0.3 is 5.97 Å². The fourth-order valence-electron chi connectivity index (χ4n) is 11.8. The second kappa shape index (κ2) is 9.19. The smallest absolute Gasteiger partial charge is 0.338 e. The van der Waals surface area contributed by atoms with E-state index >= 15 is 0 Å². The van der Waals surface area contributed by atoms with Crippen LogP contribution in [-0.2, 0) is 23.7 Å². The molecule has 5 aliphatic carbocycles. The minimum atomic E-state index is -1.76.